The second-order valence-corrected chi connectivity index (χ2v) is 3.91. The van der Waals surface area contributed by atoms with E-state index in [0.717, 1.165) is 25.4 Å². The van der Waals surface area contributed by atoms with Crippen LogP contribution in [0, 0.1) is 0 Å². The number of rotatable bonds is 6. The molecule has 0 fully saturated rings. The molecule has 0 aliphatic carbocycles. The van der Waals surface area contributed by atoms with Crippen molar-refractivity contribution in [3.8, 4) is 0 Å². The van der Waals surface area contributed by atoms with Crippen LogP contribution in [0.2, 0.25) is 0 Å². The van der Waals surface area contributed by atoms with Crippen LogP contribution in [-0.4, -0.2) is 25.2 Å². The van der Waals surface area contributed by atoms with Gasteiger partial charge in [-0.3, -0.25) is 4.98 Å². The molecule has 1 aromatic heterocycles. The fourth-order valence-corrected chi connectivity index (χ4v) is 1.27. The highest BCUT2D eigenvalue weighted by Crippen LogP contribution is 2.12. The Balaban J connectivity index is 2.36. The minimum absolute atomic E-state index is 0.549. The van der Waals surface area contributed by atoms with E-state index < -0.39 is 0 Å². The first-order chi connectivity index (χ1) is 7.24. The van der Waals surface area contributed by atoms with Gasteiger partial charge in [0.1, 0.15) is 0 Å². The van der Waals surface area contributed by atoms with Crippen molar-refractivity contribution in [2.75, 3.05) is 20.3 Å². The van der Waals surface area contributed by atoms with Crippen LogP contribution in [-0.2, 0) is 11.3 Å². The van der Waals surface area contributed by atoms with E-state index in [1.54, 1.807) is 7.11 Å². The van der Waals surface area contributed by atoms with Gasteiger partial charge in [-0.05, 0) is 17.5 Å². The summed E-state index contributed by atoms with van der Waals surface area (Å²) in [7, 11) is 1.71. The quantitative estimate of drug-likeness (QED) is 0.725. The summed E-state index contributed by atoms with van der Waals surface area (Å²) in [6.07, 6.45) is 1.96. The summed E-state index contributed by atoms with van der Waals surface area (Å²) in [6, 6.07) is 4.22. The normalized spacial score (nSPS) is 10.9. The number of hydrogen-bond acceptors (Lipinski definition) is 3. The molecule has 0 radical (unpaired) electrons. The molecule has 3 heteroatoms. The molecular weight excluding hydrogens is 188 g/mol. The van der Waals surface area contributed by atoms with Crippen molar-refractivity contribution in [2.24, 2.45) is 0 Å². The second-order valence-electron chi connectivity index (χ2n) is 3.91. The number of ether oxygens (including phenoxy) is 1. The maximum atomic E-state index is 4.95. The Bertz CT molecular complexity index is 269. The molecule has 1 rings (SSSR count). The van der Waals surface area contributed by atoms with E-state index in [2.05, 4.69) is 36.3 Å². The molecule has 0 aromatic carbocycles. The molecule has 1 heterocycles. The summed E-state index contributed by atoms with van der Waals surface area (Å²) in [6.45, 7) is 6.76. The third kappa shape index (κ3) is 4.40. The molecule has 15 heavy (non-hydrogen) atoms. The Hall–Kier alpha value is -0.930. The van der Waals surface area contributed by atoms with Crippen molar-refractivity contribution in [3.63, 3.8) is 0 Å². The van der Waals surface area contributed by atoms with Crippen molar-refractivity contribution in [1.82, 2.24) is 10.3 Å². The van der Waals surface area contributed by atoms with E-state index in [9.17, 15) is 0 Å². The predicted molar refractivity (Wildman–Crippen MR) is 61.9 cm³/mol. The largest absolute Gasteiger partial charge is 0.383 e. The zero-order valence-corrected chi connectivity index (χ0v) is 9.79. The monoisotopic (exact) mass is 208 g/mol. The lowest BCUT2D eigenvalue weighted by Gasteiger charge is -2.06. The standard InChI is InChI=1S/C12H20N2O/c1-10(2)11-4-5-12(14-8-11)9-13-6-7-15-3/h4-5,8,10,13H,6-7,9H2,1-3H3. The minimum atomic E-state index is 0.549. The molecule has 84 valence electrons. The van der Waals surface area contributed by atoms with E-state index in [-0.39, 0.29) is 0 Å². The van der Waals surface area contributed by atoms with Gasteiger partial charge in [0.05, 0.1) is 12.3 Å². The number of nitrogens with one attached hydrogen (secondary N) is 1. The van der Waals surface area contributed by atoms with Crippen molar-refractivity contribution >= 4 is 0 Å². The number of methoxy groups -OCH3 is 1. The highest BCUT2D eigenvalue weighted by Gasteiger charge is 1.99. The molecule has 0 unspecified atom stereocenters. The molecule has 0 atom stereocenters. The van der Waals surface area contributed by atoms with E-state index in [1.165, 1.54) is 5.56 Å². The fraction of sp³-hybridized carbons (Fsp3) is 0.583. The number of nitrogens with zero attached hydrogens (tertiary/aromatic N) is 1. The molecular formula is C12H20N2O. The second kappa shape index (κ2) is 6.53. The zero-order valence-electron chi connectivity index (χ0n) is 9.79. The van der Waals surface area contributed by atoms with Crippen LogP contribution < -0.4 is 5.32 Å². The average Bonchev–Trinajstić information content (AvgIpc) is 2.25. The van der Waals surface area contributed by atoms with Crippen molar-refractivity contribution in [2.45, 2.75) is 26.3 Å². The Morgan fingerprint density at radius 2 is 2.20 bits per heavy atom. The summed E-state index contributed by atoms with van der Waals surface area (Å²) >= 11 is 0. The molecule has 1 N–H and O–H groups in total. The van der Waals surface area contributed by atoms with E-state index in [0.29, 0.717) is 5.92 Å². The van der Waals surface area contributed by atoms with Crippen LogP contribution in [0.5, 0.6) is 0 Å². The number of pyridine rings is 1. The maximum Gasteiger partial charge on any atom is 0.0587 e. The van der Waals surface area contributed by atoms with Gasteiger partial charge in [-0.1, -0.05) is 19.9 Å². The SMILES string of the molecule is COCCNCc1ccc(C(C)C)cn1. The van der Waals surface area contributed by atoms with Crippen molar-refractivity contribution in [1.29, 1.82) is 0 Å². The van der Waals surface area contributed by atoms with Gasteiger partial charge in [0, 0.05) is 26.4 Å². The van der Waals surface area contributed by atoms with Gasteiger partial charge in [0.2, 0.25) is 0 Å². The molecule has 3 nitrogen and oxygen atoms in total. The highest BCUT2D eigenvalue weighted by molar-refractivity contribution is 5.16. The van der Waals surface area contributed by atoms with E-state index in [4.69, 9.17) is 4.74 Å². The van der Waals surface area contributed by atoms with Crippen LogP contribution in [0.15, 0.2) is 18.3 Å². The Kier molecular flexibility index (Phi) is 5.29. The Morgan fingerprint density at radius 1 is 1.40 bits per heavy atom. The molecule has 1 aromatic rings. The summed E-state index contributed by atoms with van der Waals surface area (Å²) in [4.78, 5) is 4.39. The van der Waals surface area contributed by atoms with E-state index >= 15 is 0 Å². The number of aromatic nitrogens is 1. The van der Waals surface area contributed by atoms with Crippen molar-refractivity contribution < 1.29 is 4.74 Å². The zero-order chi connectivity index (χ0) is 11.1. The first kappa shape index (κ1) is 12.1. The van der Waals surface area contributed by atoms with Crippen LogP contribution in [0.3, 0.4) is 0 Å². The van der Waals surface area contributed by atoms with E-state index in [1.807, 2.05) is 6.20 Å². The first-order valence-corrected chi connectivity index (χ1v) is 5.38. The molecule has 0 amide bonds. The molecule has 0 saturated heterocycles. The molecule has 0 aliphatic rings. The highest BCUT2D eigenvalue weighted by atomic mass is 16.5. The molecule has 0 aliphatic heterocycles. The lowest BCUT2D eigenvalue weighted by molar-refractivity contribution is 0.199. The Labute approximate surface area is 91.9 Å². The summed E-state index contributed by atoms with van der Waals surface area (Å²) < 4.78 is 4.95. The molecule has 0 saturated carbocycles. The fourth-order valence-electron chi connectivity index (χ4n) is 1.27. The predicted octanol–water partition coefficient (Wildman–Crippen LogP) is 1.94. The smallest absolute Gasteiger partial charge is 0.0587 e. The van der Waals surface area contributed by atoms with Crippen LogP contribution >= 0.6 is 0 Å². The topological polar surface area (TPSA) is 34.1 Å². The molecule has 0 bridgehead atoms. The van der Waals surface area contributed by atoms with Crippen LogP contribution in [0.1, 0.15) is 31.0 Å². The third-order valence-corrected chi connectivity index (χ3v) is 2.30. The molecule has 0 spiro atoms. The van der Waals surface area contributed by atoms with Gasteiger partial charge < -0.3 is 10.1 Å². The van der Waals surface area contributed by atoms with Crippen LogP contribution in [0.25, 0.3) is 0 Å². The summed E-state index contributed by atoms with van der Waals surface area (Å²) in [5.41, 5.74) is 2.37. The Morgan fingerprint density at radius 3 is 2.73 bits per heavy atom. The van der Waals surface area contributed by atoms with Crippen molar-refractivity contribution in [3.05, 3.63) is 29.6 Å². The lowest BCUT2D eigenvalue weighted by atomic mass is 10.1. The average molecular weight is 208 g/mol. The lowest BCUT2D eigenvalue weighted by Crippen LogP contribution is -2.19. The van der Waals surface area contributed by atoms with Gasteiger partial charge >= 0.3 is 0 Å². The van der Waals surface area contributed by atoms with Crippen LogP contribution in [0.4, 0.5) is 0 Å². The van der Waals surface area contributed by atoms with Gasteiger partial charge in [0.25, 0.3) is 0 Å². The van der Waals surface area contributed by atoms with Gasteiger partial charge in [-0.25, -0.2) is 0 Å². The van der Waals surface area contributed by atoms with Gasteiger partial charge in [-0.15, -0.1) is 0 Å². The van der Waals surface area contributed by atoms with Gasteiger partial charge in [0.15, 0.2) is 0 Å². The maximum absolute atomic E-state index is 4.95. The summed E-state index contributed by atoms with van der Waals surface area (Å²) in [5, 5.41) is 3.26. The first-order valence-electron chi connectivity index (χ1n) is 5.38. The third-order valence-electron chi connectivity index (χ3n) is 2.30. The minimum Gasteiger partial charge on any atom is -0.383 e. The number of hydrogen-bond donors (Lipinski definition) is 1. The summed E-state index contributed by atoms with van der Waals surface area (Å²) in [5.74, 6) is 0.549. The van der Waals surface area contributed by atoms with Gasteiger partial charge in [-0.2, -0.15) is 0 Å².